The van der Waals surface area contributed by atoms with E-state index in [0.717, 1.165) is 30.5 Å². The van der Waals surface area contributed by atoms with Crippen molar-refractivity contribution in [3.8, 4) is 0 Å². The SMILES string of the molecule is Cc1ccccc1C(C(=O)N1CCC(CO)(CN(C)C)CC1)N(C)C. The highest BCUT2D eigenvalue weighted by molar-refractivity contribution is 5.83. The van der Waals surface area contributed by atoms with Gasteiger partial charge in [-0.2, -0.15) is 0 Å². The van der Waals surface area contributed by atoms with Crippen molar-refractivity contribution in [2.75, 3.05) is 54.4 Å². The highest BCUT2D eigenvalue weighted by atomic mass is 16.3. The first-order valence-corrected chi connectivity index (χ1v) is 9.06. The van der Waals surface area contributed by atoms with Crippen LogP contribution < -0.4 is 0 Å². The molecular weight excluding hydrogens is 314 g/mol. The lowest BCUT2D eigenvalue weighted by molar-refractivity contribution is -0.139. The van der Waals surface area contributed by atoms with Crippen molar-refractivity contribution < 1.29 is 9.90 Å². The molecule has 1 N–H and O–H groups in total. The van der Waals surface area contributed by atoms with Gasteiger partial charge in [-0.15, -0.1) is 0 Å². The van der Waals surface area contributed by atoms with Crippen molar-refractivity contribution in [2.24, 2.45) is 5.41 Å². The first kappa shape index (κ1) is 19.9. The van der Waals surface area contributed by atoms with Crippen LogP contribution in [0, 0.1) is 12.3 Å². The van der Waals surface area contributed by atoms with Crippen LogP contribution in [0.15, 0.2) is 24.3 Å². The van der Waals surface area contributed by atoms with Crippen LogP contribution in [0.2, 0.25) is 0 Å². The molecule has 1 aromatic carbocycles. The maximum Gasteiger partial charge on any atom is 0.244 e. The zero-order valence-corrected chi connectivity index (χ0v) is 16.3. The Kier molecular flexibility index (Phi) is 6.60. The van der Waals surface area contributed by atoms with Gasteiger partial charge in [0.05, 0.1) is 6.61 Å². The fraction of sp³-hybridized carbons (Fsp3) is 0.650. The number of amides is 1. The van der Waals surface area contributed by atoms with Crippen molar-refractivity contribution in [3.05, 3.63) is 35.4 Å². The summed E-state index contributed by atoms with van der Waals surface area (Å²) in [7, 11) is 8.00. The Labute approximate surface area is 152 Å². The largest absolute Gasteiger partial charge is 0.396 e. The Balaban J connectivity index is 2.13. The number of carbonyl (C=O) groups is 1. The van der Waals surface area contributed by atoms with Gasteiger partial charge < -0.3 is 14.9 Å². The van der Waals surface area contributed by atoms with Gasteiger partial charge in [0.1, 0.15) is 6.04 Å². The van der Waals surface area contributed by atoms with E-state index in [1.165, 1.54) is 0 Å². The Morgan fingerprint density at radius 1 is 1.20 bits per heavy atom. The minimum Gasteiger partial charge on any atom is -0.396 e. The molecule has 1 saturated heterocycles. The Hall–Kier alpha value is -1.43. The van der Waals surface area contributed by atoms with Gasteiger partial charge in [-0.3, -0.25) is 9.69 Å². The van der Waals surface area contributed by atoms with E-state index in [-0.39, 0.29) is 24.0 Å². The quantitative estimate of drug-likeness (QED) is 0.852. The molecule has 1 fully saturated rings. The number of nitrogens with zero attached hydrogens (tertiary/aromatic N) is 3. The number of aryl methyl sites for hydroxylation is 1. The minimum atomic E-state index is -0.253. The molecule has 1 heterocycles. The van der Waals surface area contributed by atoms with E-state index < -0.39 is 0 Å². The van der Waals surface area contributed by atoms with E-state index in [4.69, 9.17) is 0 Å². The average Bonchev–Trinajstić information content (AvgIpc) is 2.56. The third-order valence-corrected chi connectivity index (χ3v) is 5.36. The number of piperidine rings is 1. The van der Waals surface area contributed by atoms with Crippen LogP contribution >= 0.6 is 0 Å². The second-order valence-corrected chi connectivity index (χ2v) is 7.94. The molecule has 0 aromatic heterocycles. The number of rotatable bonds is 6. The van der Waals surface area contributed by atoms with Crippen LogP contribution in [0.5, 0.6) is 0 Å². The number of hydrogen-bond donors (Lipinski definition) is 1. The van der Waals surface area contributed by atoms with Crippen molar-refractivity contribution in [1.82, 2.24) is 14.7 Å². The second-order valence-electron chi connectivity index (χ2n) is 7.94. The zero-order chi connectivity index (χ0) is 18.6. The lowest BCUT2D eigenvalue weighted by Crippen LogP contribution is -2.50. The zero-order valence-electron chi connectivity index (χ0n) is 16.3. The van der Waals surface area contributed by atoms with Gasteiger partial charge >= 0.3 is 0 Å². The van der Waals surface area contributed by atoms with E-state index in [1.807, 2.05) is 56.2 Å². The van der Waals surface area contributed by atoms with Crippen LogP contribution in [0.25, 0.3) is 0 Å². The molecule has 0 spiro atoms. The van der Waals surface area contributed by atoms with E-state index in [0.29, 0.717) is 13.1 Å². The number of carbonyl (C=O) groups excluding carboxylic acids is 1. The number of likely N-dealkylation sites (tertiary alicyclic amines) is 1. The summed E-state index contributed by atoms with van der Waals surface area (Å²) >= 11 is 0. The van der Waals surface area contributed by atoms with Crippen LogP contribution in [0.3, 0.4) is 0 Å². The lowest BCUT2D eigenvalue weighted by atomic mass is 9.78. The number of hydrogen-bond acceptors (Lipinski definition) is 4. The van der Waals surface area contributed by atoms with Gasteiger partial charge in [0.2, 0.25) is 5.91 Å². The number of aliphatic hydroxyl groups is 1. The molecule has 1 unspecified atom stereocenters. The predicted molar refractivity (Wildman–Crippen MR) is 101 cm³/mol. The van der Waals surface area contributed by atoms with Crippen molar-refractivity contribution in [1.29, 1.82) is 0 Å². The monoisotopic (exact) mass is 347 g/mol. The van der Waals surface area contributed by atoms with E-state index in [9.17, 15) is 9.90 Å². The molecule has 1 aromatic rings. The smallest absolute Gasteiger partial charge is 0.244 e. The molecule has 2 rings (SSSR count). The van der Waals surface area contributed by atoms with E-state index >= 15 is 0 Å². The van der Waals surface area contributed by atoms with E-state index in [1.54, 1.807) is 0 Å². The van der Waals surface area contributed by atoms with Crippen LogP contribution in [-0.4, -0.2) is 80.1 Å². The van der Waals surface area contributed by atoms with Gasteiger partial charge in [-0.25, -0.2) is 0 Å². The summed E-state index contributed by atoms with van der Waals surface area (Å²) in [5, 5.41) is 9.89. The highest BCUT2D eigenvalue weighted by Crippen LogP contribution is 2.33. The summed E-state index contributed by atoms with van der Waals surface area (Å²) in [4.78, 5) is 19.3. The fourth-order valence-electron chi connectivity index (χ4n) is 3.94. The normalized spacial score (nSPS) is 18.6. The lowest BCUT2D eigenvalue weighted by Gasteiger charge is -2.43. The molecule has 140 valence electrons. The molecule has 25 heavy (non-hydrogen) atoms. The van der Waals surface area contributed by atoms with Crippen molar-refractivity contribution in [2.45, 2.75) is 25.8 Å². The van der Waals surface area contributed by atoms with Gasteiger partial charge in [0.15, 0.2) is 0 Å². The summed E-state index contributed by atoms with van der Waals surface area (Å²) in [5.41, 5.74) is 2.13. The summed E-state index contributed by atoms with van der Waals surface area (Å²) in [5.74, 6) is 0.163. The third-order valence-electron chi connectivity index (χ3n) is 5.36. The van der Waals surface area contributed by atoms with Gasteiger partial charge in [-0.05, 0) is 59.1 Å². The summed E-state index contributed by atoms with van der Waals surface area (Å²) in [6.45, 7) is 4.53. The van der Waals surface area contributed by atoms with Gasteiger partial charge in [0.25, 0.3) is 0 Å². The first-order valence-electron chi connectivity index (χ1n) is 9.06. The fourth-order valence-corrected chi connectivity index (χ4v) is 3.94. The number of aliphatic hydroxyl groups excluding tert-OH is 1. The number of likely N-dealkylation sites (N-methyl/N-ethyl adjacent to an activating group) is 1. The maximum atomic E-state index is 13.2. The first-order chi connectivity index (χ1) is 11.8. The summed E-state index contributed by atoms with van der Waals surface area (Å²) in [6.07, 6.45) is 1.70. The topological polar surface area (TPSA) is 47.0 Å². The number of benzene rings is 1. The molecule has 0 radical (unpaired) electrons. The second kappa shape index (κ2) is 8.30. The molecule has 1 atom stereocenters. The standard InChI is InChI=1S/C20H33N3O2/c1-16-8-6-7-9-17(16)18(22(4)5)19(25)23-12-10-20(15-24,11-13-23)14-21(2)3/h6-9,18,24H,10-15H2,1-5H3. The Morgan fingerprint density at radius 3 is 2.28 bits per heavy atom. The van der Waals surface area contributed by atoms with Gasteiger partial charge in [-0.1, -0.05) is 24.3 Å². The van der Waals surface area contributed by atoms with Crippen molar-refractivity contribution >= 4 is 5.91 Å². The average molecular weight is 348 g/mol. The molecule has 0 saturated carbocycles. The van der Waals surface area contributed by atoms with E-state index in [2.05, 4.69) is 17.9 Å². The summed E-state index contributed by atoms with van der Waals surface area (Å²) < 4.78 is 0. The van der Waals surface area contributed by atoms with Crippen LogP contribution in [0.4, 0.5) is 0 Å². The molecular formula is C20H33N3O2. The minimum absolute atomic E-state index is 0.0867. The van der Waals surface area contributed by atoms with Crippen LogP contribution in [0.1, 0.15) is 30.0 Å². The molecule has 0 aliphatic carbocycles. The molecule has 0 bridgehead atoms. The van der Waals surface area contributed by atoms with Crippen LogP contribution in [-0.2, 0) is 4.79 Å². The molecule has 1 aliphatic rings. The molecule has 5 nitrogen and oxygen atoms in total. The Bertz CT molecular complexity index is 578. The Morgan fingerprint density at radius 2 is 1.80 bits per heavy atom. The van der Waals surface area contributed by atoms with Gasteiger partial charge in [0, 0.05) is 25.0 Å². The molecule has 5 heteroatoms. The summed E-state index contributed by atoms with van der Waals surface area (Å²) in [6, 6.07) is 7.86. The predicted octanol–water partition coefficient (Wildman–Crippen LogP) is 1.76. The highest BCUT2D eigenvalue weighted by Gasteiger charge is 2.38. The molecule has 1 aliphatic heterocycles. The maximum absolute atomic E-state index is 13.2. The van der Waals surface area contributed by atoms with Crippen molar-refractivity contribution in [3.63, 3.8) is 0 Å². The third kappa shape index (κ3) is 4.60. The molecule has 1 amide bonds.